The van der Waals surface area contributed by atoms with Crippen LogP contribution in [0, 0.1) is 11.8 Å². The lowest BCUT2D eigenvalue weighted by Crippen LogP contribution is -2.47. The zero-order chi connectivity index (χ0) is 8.01. The second kappa shape index (κ2) is 2.48. The maximum absolute atomic E-state index is 2.69. The number of likely N-dealkylation sites (tertiary alicyclic amines) is 1. The van der Waals surface area contributed by atoms with Crippen LogP contribution in [0.4, 0.5) is 0 Å². The maximum Gasteiger partial charge on any atom is 0.0132 e. The van der Waals surface area contributed by atoms with Gasteiger partial charge in [0.15, 0.2) is 0 Å². The van der Waals surface area contributed by atoms with E-state index in [1.54, 1.807) is 0 Å². The number of nitrogens with zero attached hydrogens (tertiary/aromatic N) is 1. The van der Waals surface area contributed by atoms with Gasteiger partial charge in [0.1, 0.15) is 0 Å². The first kappa shape index (κ1) is 7.60. The predicted molar refractivity (Wildman–Crippen MR) is 47.5 cm³/mol. The van der Waals surface area contributed by atoms with Crippen LogP contribution in [-0.4, -0.2) is 23.5 Å². The molecule has 1 heteroatoms. The third-order valence-electron chi connectivity index (χ3n) is 3.65. The molecule has 1 saturated heterocycles. The van der Waals surface area contributed by atoms with Crippen molar-refractivity contribution in [3.05, 3.63) is 0 Å². The van der Waals surface area contributed by atoms with E-state index in [9.17, 15) is 0 Å². The second-order valence-corrected chi connectivity index (χ2v) is 4.56. The van der Waals surface area contributed by atoms with Gasteiger partial charge < -0.3 is 0 Å². The molecule has 2 fully saturated rings. The van der Waals surface area contributed by atoms with Crippen LogP contribution in [0.15, 0.2) is 0 Å². The Morgan fingerprint density at radius 3 is 2.55 bits per heavy atom. The van der Waals surface area contributed by atoms with E-state index in [0.717, 1.165) is 23.9 Å². The molecule has 0 aromatic rings. The topological polar surface area (TPSA) is 3.24 Å². The molecular formula is C10H19N. The van der Waals surface area contributed by atoms with Gasteiger partial charge in [0.2, 0.25) is 0 Å². The van der Waals surface area contributed by atoms with Crippen molar-refractivity contribution in [3.63, 3.8) is 0 Å². The third-order valence-corrected chi connectivity index (χ3v) is 3.65. The molecule has 0 aromatic heterocycles. The van der Waals surface area contributed by atoms with Crippen molar-refractivity contribution in [2.45, 2.75) is 45.7 Å². The zero-order valence-corrected chi connectivity index (χ0v) is 7.88. The molecule has 1 aliphatic heterocycles. The summed E-state index contributed by atoms with van der Waals surface area (Å²) in [5.41, 5.74) is 0. The number of rotatable bonds is 1. The minimum absolute atomic E-state index is 0.775. The number of hydrogen-bond acceptors (Lipinski definition) is 1. The molecule has 1 saturated carbocycles. The van der Waals surface area contributed by atoms with Gasteiger partial charge in [-0.25, -0.2) is 0 Å². The van der Waals surface area contributed by atoms with Crippen molar-refractivity contribution in [1.82, 2.24) is 4.90 Å². The molecule has 1 nitrogen and oxygen atoms in total. The molecule has 11 heavy (non-hydrogen) atoms. The molecule has 0 aromatic carbocycles. The highest BCUT2D eigenvalue weighted by molar-refractivity contribution is 4.99. The highest BCUT2D eigenvalue weighted by Gasteiger charge is 2.46. The van der Waals surface area contributed by atoms with E-state index in [1.807, 2.05) is 0 Å². The van der Waals surface area contributed by atoms with Gasteiger partial charge in [-0.15, -0.1) is 0 Å². The van der Waals surface area contributed by atoms with Crippen LogP contribution in [-0.2, 0) is 0 Å². The molecule has 0 spiro atoms. The van der Waals surface area contributed by atoms with E-state index in [1.165, 1.54) is 19.4 Å². The van der Waals surface area contributed by atoms with Gasteiger partial charge in [-0.2, -0.15) is 0 Å². The zero-order valence-electron chi connectivity index (χ0n) is 7.88. The molecule has 0 bridgehead atoms. The van der Waals surface area contributed by atoms with E-state index in [-0.39, 0.29) is 0 Å². The first-order valence-electron chi connectivity index (χ1n) is 4.96. The Morgan fingerprint density at radius 2 is 2.09 bits per heavy atom. The van der Waals surface area contributed by atoms with E-state index in [4.69, 9.17) is 0 Å². The fourth-order valence-corrected chi connectivity index (χ4v) is 2.88. The van der Waals surface area contributed by atoms with Crippen LogP contribution in [0.1, 0.15) is 33.6 Å². The van der Waals surface area contributed by atoms with Crippen LogP contribution in [0.25, 0.3) is 0 Å². The lowest BCUT2D eigenvalue weighted by molar-refractivity contribution is 0.0635. The molecule has 1 aliphatic carbocycles. The Morgan fingerprint density at radius 1 is 1.36 bits per heavy atom. The average molecular weight is 153 g/mol. The SMILES string of the molecule is CC1CC2C1CCN2C(C)C. The van der Waals surface area contributed by atoms with Gasteiger partial charge in [-0.1, -0.05) is 6.92 Å². The molecule has 0 N–H and O–H groups in total. The molecule has 3 unspecified atom stereocenters. The predicted octanol–water partition coefficient (Wildman–Crippen LogP) is 2.13. The molecule has 2 aliphatic rings. The van der Waals surface area contributed by atoms with Gasteiger partial charge in [0, 0.05) is 12.1 Å². The van der Waals surface area contributed by atoms with E-state index in [2.05, 4.69) is 25.7 Å². The fraction of sp³-hybridized carbons (Fsp3) is 1.00. The summed E-state index contributed by atoms with van der Waals surface area (Å²) in [6.45, 7) is 8.42. The lowest BCUT2D eigenvalue weighted by atomic mass is 9.71. The van der Waals surface area contributed by atoms with Gasteiger partial charge in [0.25, 0.3) is 0 Å². The highest BCUT2D eigenvalue weighted by Crippen LogP contribution is 2.45. The normalized spacial score (nSPS) is 44.2. The van der Waals surface area contributed by atoms with Crippen molar-refractivity contribution < 1.29 is 0 Å². The summed E-state index contributed by atoms with van der Waals surface area (Å²) in [6, 6.07) is 1.74. The van der Waals surface area contributed by atoms with Crippen LogP contribution in [0.2, 0.25) is 0 Å². The summed E-state index contributed by atoms with van der Waals surface area (Å²) in [4.78, 5) is 2.69. The van der Waals surface area contributed by atoms with Crippen molar-refractivity contribution in [2.75, 3.05) is 6.54 Å². The smallest absolute Gasteiger partial charge is 0.0132 e. The highest BCUT2D eigenvalue weighted by atomic mass is 15.2. The van der Waals surface area contributed by atoms with Crippen molar-refractivity contribution in [3.8, 4) is 0 Å². The molecule has 0 radical (unpaired) electrons. The average Bonchev–Trinajstić information content (AvgIpc) is 2.25. The van der Waals surface area contributed by atoms with E-state index in [0.29, 0.717) is 0 Å². The van der Waals surface area contributed by atoms with E-state index >= 15 is 0 Å². The van der Waals surface area contributed by atoms with Gasteiger partial charge in [0.05, 0.1) is 0 Å². The summed E-state index contributed by atoms with van der Waals surface area (Å²) in [7, 11) is 0. The van der Waals surface area contributed by atoms with Crippen molar-refractivity contribution >= 4 is 0 Å². The Bertz CT molecular complexity index is 153. The summed E-state index contributed by atoms with van der Waals surface area (Å²) in [6.07, 6.45) is 2.92. The first-order chi connectivity index (χ1) is 5.20. The summed E-state index contributed by atoms with van der Waals surface area (Å²) >= 11 is 0. The summed E-state index contributed by atoms with van der Waals surface area (Å²) in [5.74, 6) is 2.07. The molecule has 3 atom stereocenters. The number of hydrogen-bond donors (Lipinski definition) is 0. The standard InChI is InChI=1S/C10H19N/c1-7(2)11-5-4-9-8(3)6-10(9)11/h7-10H,4-6H2,1-3H3. The minimum Gasteiger partial charge on any atom is -0.298 e. The van der Waals surface area contributed by atoms with Crippen LogP contribution < -0.4 is 0 Å². The second-order valence-electron chi connectivity index (χ2n) is 4.56. The monoisotopic (exact) mass is 153 g/mol. The fourth-order valence-electron chi connectivity index (χ4n) is 2.88. The lowest BCUT2D eigenvalue weighted by Gasteiger charge is -2.43. The van der Waals surface area contributed by atoms with Crippen molar-refractivity contribution in [1.29, 1.82) is 0 Å². The van der Waals surface area contributed by atoms with Gasteiger partial charge in [-0.3, -0.25) is 4.90 Å². The van der Waals surface area contributed by atoms with Gasteiger partial charge in [-0.05, 0) is 45.1 Å². The van der Waals surface area contributed by atoms with E-state index < -0.39 is 0 Å². The summed E-state index contributed by atoms with van der Waals surface area (Å²) in [5, 5.41) is 0. The molecule has 0 amide bonds. The molecule has 64 valence electrons. The molecule has 1 heterocycles. The largest absolute Gasteiger partial charge is 0.298 e. The Kier molecular flexibility index (Phi) is 1.71. The molecule has 2 rings (SSSR count). The quantitative estimate of drug-likeness (QED) is 0.558. The minimum atomic E-state index is 0.775. The molecular weight excluding hydrogens is 134 g/mol. The Labute approximate surface area is 69.8 Å². The summed E-state index contributed by atoms with van der Waals surface area (Å²) < 4.78 is 0. The maximum atomic E-state index is 2.69. The Hall–Kier alpha value is -0.0400. The van der Waals surface area contributed by atoms with Crippen LogP contribution >= 0.6 is 0 Å². The van der Waals surface area contributed by atoms with Crippen LogP contribution in [0.5, 0.6) is 0 Å². The van der Waals surface area contributed by atoms with Crippen molar-refractivity contribution in [2.24, 2.45) is 11.8 Å². The van der Waals surface area contributed by atoms with Gasteiger partial charge >= 0.3 is 0 Å². The van der Waals surface area contributed by atoms with Crippen LogP contribution in [0.3, 0.4) is 0 Å². The Balaban J connectivity index is 1.99. The first-order valence-corrected chi connectivity index (χ1v) is 4.96. The number of fused-ring (bicyclic) bond motifs is 1. The third kappa shape index (κ3) is 1.01.